The van der Waals surface area contributed by atoms with Crippen LogP contribution in [0.2, 0.25) is 0 Å². The number of benzene rings is 2. The van der Waals surface area contributed by atoms with Gasteiger partial charge in [-0.25, -0.2) is 0 Å². The molecule has 2 atom stereocenters. The van der Waals surface area contributed by atoms with E-state index in [2.05, 4.69) is 13.8 Å². The predicted octanol–water partition coefficient (Wildman–Crippen LogP) is 4.80. The fourth-order valence-electron chi connectivity index (χ4n) is 2.42. The summed E-state index contributed by atoms with van der Waals surface area (Å²) in [6.07, 6.45) is 0.228. The normalized spacial score (nSPS) is 12.9. The van der Waals surface area contributed by atoms with Gasteiger partial charge in [-0.15, -0.1) is 0 Å². The monoisotopic (exact) mass is 340 g/mol. The lowest BCUT2D eigenvalue weighted by atomic mass is 9.99. The Labute approximate surface area is 148 Å². The van der Waals surface area contributed by atoms with Crippen LogP contribution in [0.5, 0.6) is 5.75 Å². The van der Waals surface area contributed by atoms with E-state index in [1.54, 1.807) is 19.1 Å². The van der Waals surface area contributed by atoms with Gasteiger partial charge in [-0.2, -0.15) is 0 Å². The highest BCUT2D eigenvalue weighted by Crippen LogP contribution is 2.22. The molecule has 0 fully saturated rings. The lowest BCUT2D eigenvalue weighted by Gasteiger charge is -2.13. The van der Waals surface area contributed by atoms with Crippen molar-refractivity contribution in [2.45, 2.75) is 45.6 Å². The largest absolute Gasteiger partial charge is 0.457 e. The summed E-state index contributed by atoms with van der Waals surface area (Å²) in [4.78, 5) is 23.8. The van der Waals surface area contributed by atoms with Gasteiger partial charge in [-0.1, -0.05) is 56.3 Å². The van der Waals surface area contributed by atoms with Gasteiger partial charge >= 0.3 is 11.9 Å². The molecule has 0 saturated heterocycles. The van der Waals surface area contributed by atoms with Gasteiger partial charge in [0.25, 0.3) is 0 Å². The maximum Gasteiger partial charge on any atom is 0.322 e. The molecule has 0 amide bonds. The molecule has 4 nitrogen and oxygen atoms in total. The Bertz CT molecular complexity index is 692. The van der Waals surface area contributed by atoms with Crippen molar-refractivity contribution in [1.29, 1.82) is 0 Å². The lowest BCUT2D eigenvalue weighted by Crippen LogP contribution is -2.17. The summed E-state index contributed by atoms with van der Waals surface area (Å²) in [7, 11) is 0. The number of hydrogen-bond acceptors (Lipinski definition) is 4. The van der Waals surface area contributed by atoms with E-state index in [9.17, 15) is 9.59 Å². The molecule has 0 spiro atoms. The van der Waals surface area contributed by atoms with Crippen molar-refractivity contribution in [1.82, 2.24) is 0 Å². The van der Waals surface area contributed by atoms with Crippen molar-refractivity contribution >= 4 is 11.9 Å². The zero-order chi connectivity index (χ0) is 18.2. The molecular formula is C21H24O4. The van der Waals surface area contributed by atoms with E-state index >= 15 is 0 Å². The Morgan fingerprint density at radius 3 is 2.12 bits per heavy atom. The Hall–Kier alpha value is -2.62. The van der Waals surface area contributed by atoms with E-state index in [1.807, 2.05) is 42.5 Å². The lowest BCUT2D eigenvalue weighted by molar-refractivity contribution is -0.153. The highest BCUT2D eigenvalue weighted by atomic mass is 16.6. The summed E-state index contributed by atoms with van der Waals surface area (Å²) < 4.78 is 10.5. The van der Waals surface area contributed by atoms with Gasteiger partial charge in [0.1, 0.15) is 18.3 Å². The van der Waals surface area contributed by atoms with Gasteiger partial charge in [0.05, 0.1) is 0 Å². The van der Waals surface area contributed by atoms with Crippen LogP contribution < -0.4 is 4.74 Å². The number of carbonyl (C=O) groups is 2. The molecule has 0 aromatic heterocycles. The Morgan fingerprint density at radius 1 is 0.880 bits per heavy atom. The van der Waals surface area contributed by atoms with Crippen LogP contribution in [0.4, 0.5) is 0 Å². The van der Waals surface area contributed by atoms with Crippen LogP contribution in [-0.2, 0) is 14.3 Å². The zero-order valence-electron chi connectivity index (χ0n) is 14.9. The van der Waals surface area contributed by atoms with Crippen molar-refractivity contribution in [3.63, 3.8) is 0 Å². The van der Waals surface area contributed by atoms with E-state index in [0.29, 0.717) is 11.7 Å². The fourth-order valence-corrected chi connectivity index (χ4v) is 2.42. The maximum atomic E-state index is 11.9. The zero-order valence-corrected chi connectivity index (χ0v) is 14.9. The fraction of sp³-hybridized carbons (Fsp3) is 0.333. The molecule has 2 aromatic rings. The minimum absolute atomic E-state index is 0.406. The third-order valence-corrected chi connectivity index (χ3v) is 4.16. The predicted molar refractivity (Wildman–Crippen MR) is 96.3 cm³/mol. The molecule has 4 heteroatoms. The molecule has 0 aliphatic carbocycles. The van der Waals surface area contributed by atoms with Crippen molar-refractivity contribution in [2.75, 3.05) is 0 Å². The van der Waals surface area contributed by atoms with Crippen molar-refractivity contribution < 1.29 is 19.1 Å². The standard InChI is InChI=1S/C21H24O4/c1-4-15(2)17-10-12-19(13-11-17)25-21(23)14-20(22)24-16(3)18-8-6-5-7-9-18/h5-13,15-16H,4,14H2,1-3H3. The molecule has 0 aliphatic rings. The molecule has 0 radical (unpaired) electrons. The van der Waals surface area contributed by atoms with Crippen LogP contribution in [0.25, 0.3) is 0 Å². The second-order valence-electron chi connectivity index (χ2n) is 6.07. The third-order valence-electron chi connectivity index (χ3n) is 4.16. The quantitative estimate of drug-likeness (QED) is 0.413. The minimum atomic E-state index is -0.624. The summed E-state index contributed by atoms with van der Waals surface area (Å²) in [5.74, 6) is -0.334. The molecule has 0 saturated carbocycles. The minimum Gasteiger partial charge on any atom is -0.457 e. The number of ether oxygens (including phenoxy) is 2. The molecule has 2 aromatic carbocycles. The highest BCUT2D eigenvalue weighted by molar-refractivity contribution is 5.92. The molecule has 0 aliphatic heterocycles. The summed E-state index contributed by atoms with van der Waals surface area (Å²) in [5.41, 5.74) is 2.07. The number of esters is 2. The van der Waals surface area contributed by atoms with Crippen LogP contribution >= 0.6 is 0 Å². The first-order valence-corrected chi connectivity index (χ1v) is 8.54. The first kappa shape index (κ1) is 18.7. The smallest absolute Gasteiger partial charge is 0.322 e. The van der Waals surface area contributed by atoms with Gasteiger partial charge in [-0.3, -0.25) is 9.59 Å². The van der Waals surface area contributed by atoms with E-state index in [-0.39, 0.29) is 0 Å². The van der Waals surface area contributed by atoms with E-state index in [0.717, 1.165) is 12.0 Å². The van der Waals surface area contributed by atoms with Gasteiger partial charge < -0.3 is 9.47 Å². The summed E-state index contributed by atoms with van der Waals surface area (Å²) in [6, 6.07) is 16.7. The van der Waals surface area contributed by atoms with E-state index in [1.165, 1.54) is 5.56 Å². The van der Waals surface area contributed by atoms with Gasteiger partial charge in [0.2, 0.25) is 0 Å². The molecule has 0 N–H and O–H groups in total. The average molecular weight is 340 g/mol. The second kappa shape index (κ2) is 9.02. The van der Waals surface area contributed by atoms with Crippen LogP contribution in [0.1, 0.15) is 56.8 Å². The summed E-state index contributed by atoms with van der Waals surface area (Å²) in [6.45, 7) is 6.04. The number of rotatable bonds is 7. The van der Waals surface area contributed by atoms with Crippen LogP contribution in [0, 0.1) is 0 Å². The maximum absolute atomic E-state index is 11.9. The highest BCUT2D eigenvalue weighted by Gasteiger charge is 2.17. The average Bonchev–Trinajstić information content (AvgIpc) is 2.62. The Balaban J connectivity index is 1.84. The van der Waals surface area contributed by atoms with Crippen molar-refractivity contribution in [3.8, 4) is 5.75 Å². The van der Waals surface area contributed by atoms with E-state index in [4.69, 9.17) is 9.47 Å². The first-order chi connectivity index (χ1) is 12.0. The Morgan fingerprint density at radius 2 is 1.52 bits per heavy atom. The molecule has 132 valence electrons. The van der Waals surface area contributed by atoms with Gasteiger partial charge in [0.15, 0.2) is 0 Å². The SMILES string of the molecule is CCC(C)c1ccc(OC(=O)CC(=O)OC(C)c2ccccc2)cc1. The van der Waals surface area contributed by atoms with Crippen LogP contribution in [-0.4, -0.2) is 11.9 Å². The summed E-state index contributed by atoms with van der Waals surface area (Å²) >= 11 is 0. The van der Waals surface area contributed by atoms with Crippen molar-refractivity contribution in [2.24, 2.45) is 0 Å². The number of carbonyl (C=O) groups excluding carboxylic acids is 2. The molecular weight excluding hydrogens is 316 g/mol. The Kier molecular flexibility index (Phi) is 6.75. The van der Waals surface area contributed by atoms with Crippen LogP contribution in [0.3, 0.4) is 0 Å². The topological polar surface area (TPSA) is 52.6 Å². The molecule has 0 bridgehead atoms. The van der Waals surface area contributed by atoms with E-state index < -0.39 is 24.5 Å². The van der Waals surface area contributed by atoms with Gasteiger partial charge in [-0.05, 0) is 42.5 Å². The first-order valence-electron chi connectivity index (χ1n) is 8.54. The molecule has 2 rings (SSSR count). The molecule has 25 heavy (non-hydrogen) atoms. The summed E-state index contributed by atoms with van der Waals surface area (Å²) in [5, 5.41) is 0. The molecule has 2 unspecified atom stereocenters. The van der Waals surface area contributed by atoms with Crippen molar-refractivity contribution in [3.05, 3.63) is 65.7 Å². The van der Waals surface area contributed by atoms with Gasteiger partial charge in [0, 0.05) is 0 Å². The number of hydrogen-bond donors (Lipinski definition) is 0. The second-order valence-corrected chi connectivity index (χ2v) is 6.07. The van der Waals surface area contributed by atoms with Crippen LogP contribution in [0.15, 0.2) is 54.6 Å². The third kappa shape index (κ3) is 5.75. The molecule has 0 heterocycles.